The third kappa shape index (κ3) is 4.88. The van der Waals surface area contributed by atoms with E-state index in [-0.39, 0.29) is 35.5 Å². The van der Waals surface area contributed by atoms with Crippen molar-refractivity contribution < 1.29 is 14.4 Å². The van der Waals surface area contributed by atoms with E-state index < -0.39 is 0 Å². The van der Waals surface area contributed by atoms with Crippen LogP contribution in [0.15, 0.2) is 42.7 Å². The lowest BCUT2D eigenvalue weighted by atomic mass is 10.1. The fourth-order valence-corrected chi connectivity index (χ4v) is 4.17. The summed E-state index contributed by atoms with van der Waals surface area (Å²) in [5.74, 6) is 0.753. The fourth-order valence-electron chi connectivity index (χ4n) is 3.44. The number of carbonyl (C=O) groups excluding carboxylic acids is 3. The van der Waals surface area contributed by atoms with Gasteiger partial charge < -0.3 is 15.5 Å². The molecule has 2 saturated heterocycles. The summed E-state index contributed by atoms with van der Waals surface area (Å²) in [7, 11) is 0. The third-order valence-electron chi connectivity index (χ3n) is 5.06. The summed E-state index contributed by atoms with van der Waals surface area (Å²) in [6.45, 7) is 1.83. The van der Waals surface area contributed by atoms with Gasteiger partial charge in [-0.25, -0.2) is 14.8 Å². The molecule has 0 aliphatic carbocycles. The first-order valence-electron chi connectivity index (χ1n) is 9.74. The number of nitrogens with zero attached hydrogens (tertiary/aromatic N) is 4. The molecule has 9 nitrogen and oxygen atoms in total. The lowest BCUT2D eigenvalue weighted by molar-refractivity contribution is -0.125. The van der Waals surface area contributed by atoms with Crippen LogP contribution in [-0.2, 0) is 11.3 Å². The standard InChI is InChI=1S/C20H22N6O3S/c27-17-13-30-20(29)26(17)12-14-2-4-15(5-3-14)23-19(28)24-16-6-10-25(11-7-16)18-21-8-1-9-22-18/h1-5,8-9,16H,6-7,10-13H2,(H2,23,24,28). The molecular weight excluding hydrogens is 404 g/mol. The summed E-state index contributed by atoms with van der Waals surface area (Å²) in [6.07, 6.45) is 5.09. The first-order valence-corrected chi connectivity index (χ1v) is 10.7. The number of anilines is 2. The second-order valence-electron chi connectivity index (χ2n) is 7.14. The molecule has 156 valence electrons. The van der Waals surface area contributed by atoms with Gasteiger partial charge in [0.1, 0.15) is 0 Å². The zero-order chi connectivity index (χ0) is 20.9. The number of aromatic nitrogens is 2. The van der Waals surface area contributed by atoms with Crippen molar-refractivity contribution in [2.75, 3.05) is 29.1 Å². The predicted molar refractivity (Wildman–Crippen MR) is 114 cm³/mol. The van der Waals surface area contributed by atoms with Crippen LogP contribution in [0, 0.1) is 0 Å². The van der Waals surface area contributed by atoms with Gasteiger partial charge >= 0.3 is 6.03 Å². The molecule has 2 aromatic rings. The summed E-state index contributed by atoms with van der Waals surface area (Å²) >= 11 is 1.02. The van der Waals surface area contributed by atoms with Gasteiger partial charge in [-0.15, -0.1) is 0 Å². The second kappa shape index (κ2) is 9.12. The van der Waals surface area contributed by atoms with Crippen LogP contribution < -0.4 is 15.5 Å². The number of imide groups is 1. The largest absolute Gasteiger partial charge is 0.341 e. The summed E-state index contributed by atoms with van der Waals surface area (Å²) < 4.78 is 0. The Morgan fingerprint density at radius 2 is 1.80 bits per heavy atom. The van der Waals surface area contributed by atoms with Crippen molar-refractivity contribution in [2.24, 2.45) is 0 Å². The Kier molecular flexibility index (Phi) is 6.12. The molecule has 2 aliphatic heterocycles. The topological polar surface area (TPSA) is 108 Å². The van der Waals surface area contributed by atoms with Gasteiger partial charge in [0, 0.05) is 37.2 Å². The average Bonchev–Trinajstić information content (AvgIpc) is 3.08. The molecule has 1 aromatic carbocycles. The Bertz CT molecular complexity index is 900. The zero-order valence-electron chi connectivity index (χ0n) is 16.3. The van der Waals surface area contributed by atoms with Crippen molar-refractivity contribution in [3.63, 3.8) is 0 Å². The molecule has 3 heterocycles. The Labute approximate surface area is 178 Å². The van der Waals surface area contributed by atoms with Crippen molar-refractivity contribution in [3.8, 4) is 0 Å². The highest BCUT2D eigenvalue weighted by Gasteiger charge is 2.29. The number of hydrogen-bond acceptors (Lipinski definition) is 7. The maximum Gasteiger partial charge on any atom is 0.319 e. The molecule has 0 saturated carbocycles. The van der Waals surface area contributed by atoms with E-state index in [0.717, 1.165) is 49.2 Å². The smallest absolute Gasteiger partial charge is 0.319 e. The number of rotatable bonds is 5. The van der Waals surface area contributed by atoms with E-state index in [1.807, 2.05) is 0 Å². The first kappa shape index (κ1) is 20.1. The van der Waals surface area contributed by atoms with Crippen LogP contribution in [0.4, 0.5) is 21.2 Å². The number of thioether (sulfide) groups is 1. The van der Waals surface area contributed by atoms with Gasteiger partial charge in [0.25, 0.3) is 5.24 Å². The molecule has 10 heteroatoms. The maximum atomic E-state index is 12.3. The predicted octanol–water partition coefficient (Wildman–Crippen LogP) is 2.46. The van der Waals surface area contributed by atoms with Gasteiger partial charge in [0.05, 0.1) is 12.3 Å². The van der Waals surface area contributed by atoms with Crippen molar-refractivity contribution in [3.05, 3.63) is 48.3 Å². The lowest BCUT2D eigenvalue weighted by Crippen LogP contribution is -2.46. The summed E-state index contributed by atoms with van der Waals surface area (Å²) in [5.41, 5.74) is 1.49. The highest BCUT2D eigenvalue weighted by atomic mass is 32.2. The van der Waals surface area contributed by atoms with Gasteiger partial charge in [-0.3, -0.25) is 14.5 Å². The molecule has 0 spiro atoms. The Morgan fingerprint density at radius 1 is 1.10 bits per heavy atom. The molecule has 1 aromatic heterocycles. The van der Waals surface area contributed by atoms with E-state index in [4.69, 9.17) is 0 Å². The van der Waals surface area contributed by atoms with Crippen LogP contribution in [-0.4, -0.2) is 56.9 Å². The van der Waals surface area contributed by atoms with E-state index in [2.05, 4.69) is 25.5 Å². The Morgan fingerprint density at radius 3 is 2.43 bits per heavy atom. The van der Waals surface area contributed by atoms with Crippen LogP contribution in [0.5, 0.6) is 0 Å². The SMILES string of the molecule is O=C(Nc1ccc(CN2C(=O)CSC2=O)cc1)NC1CCN(c2ncccn2)CC1. The van der Waals surface area contributed by atoms with Crippen LogP contribution in [0.1, 0.15) is 18.4 Å². The number of urea groups is 1. The van der Waals surface area contributed by atoms with E-state index in [1.165, 1.54) is 4.90 Å². The minimum absolute atomic E-state index is 0.0916. The molecule has 2 aliphatic rings. The number of amides is 4. The number of benzene rings is 1. The molecule has 2 N–H and O–H groups in total. The third-order valence-corrected chi connectivity index (χ3v) is 5.92. The first-order chi connectivity index (χ1) is 14.6. The zero-order valence-corrected chi connectivity index (χ0v) is 17.1. The summed E-state index contributed by atoms with van der Waals surface area (Å²) in [6, 6.07) is 8.77. The lowest BCUT2D eigenvalue weighted by Gasteiger charge is -2.32. The highest BCUT2D eigenvalue weighted by Crippen LogP contribution is 2.22. The van der Waals surface area contributed by atoms with E-state index in [0.29, 0.717) is 5.69 Å². The van der Waals surface area contributed by atoms with E-state index >= 15 is 0 Å². The summed E-state index contributed by atoms with van der Waals surface area (Å²) in [5, 5.41) is 5.62. The Hall–Kier alpha value is -3.14. The van der Waals surface area contributed by atoms with Crippen LogP contribution in [0.2, 0.25) is 0 Å². The summed E-state index contributed by atoms with van der Waals surface area (Å²) in [4.78, 5) is 47.6. The van der Waals surface area contributed by atoms with E-state index in [9.17, 15) is 14.4 Å². The molecule has 0 unspecified atom stereocenters. The number of piperidine rings is 1. The van der Waals surface area contributed by atoms with Crippen molar-refractivity contribution in [1.82, 2.24) is 20.2 Å². The van der Waals surface area contributed by atoms with Crippen molar-refractivity contribution in [1.29, 1.82) is 0 Å². The van der Waals surface area contributed by atoms with Gasteiger partial charge in [-0.1, -0.05) is 23.9 Å². The van der Waals surface area contributed by atoms with Crippen LogP contribution in [0.25, 0.3) is 0 Å². The molecule has 4 rings (SSSR count). The van der Waals surface area contributed by atoms with E-state index in [1.54, 1.807) is 42.7 Å². The molecule has 0 bridgehead atoms. The number of nitrogens with one attached hydrogen (secondary N) is 2. The Balaban J connectivity index is 1.23. The quantitative estimate of drug-likeness (QED) is 0.756. The van der Waals surface area contributed by atoms with Crippen LogP contribution >= 0.6 is 11.8 Å². The van der Waals surface area contributed by atoms with Gasteiger partial charge in [-0.2, -0.15) is 0 Å². The maximum absolute atomic E-state index is 12.3. The number of carbonyl (C=O) groups is 3. The molecule has 4 amide bonds. The van der Waals surface area contributed by atoms with Crippen molar-refractivity contribution >= 4 is 40.6 Å². The monoisotopic (exact) mass is 426 g/mol. The minimum Gasteiger partial charge on any atom is -0.341 e. The molecular formula is C20H22N6O3S. The molecule has 2 fully saturated rings. The normalized spacial score (nSPS) is 17.3. The average molecular weight is 427 g/mol. The van der Waals surface area contributed by atoms with Gasteiger partial charge in [0.2, 0.25) is 11.9 Å². The second-order valence-corrected chi connectivity index (χ2v) is 8.07. The van der Waals surface area contributed by atoms with Gasteiger partial charge in [-0.05, 0) is 36.6 Å². The van der Waals surface area contributed by atoms with Gasteiger partial charge in [0.15, 0.2) is 0 Å². The minimum atomic E-state index is -0.251. The highest BCUT2D eigenvalue weighted by molar-refractivity contribution is 8.14. The fraction of sp³-hybridized carbons (Fsp3) is 0.350. The molecule has 0 radical (unpaired) electrons. The molecule has 30 heavy (non-hydrogen) atoms. The van der Waals surface area contributed by atoms with Crippen LogP contribution in [0.3, 0.4) is 0 Å². The number of hydrogen-bond donors (Lipinski definition) is 2. The van der Waals surface area contributed by atoms with Crippen molar-refractivity contribution in [2.45, 2.75) is 25.4 Å². The molecule has 0 atom stereocenters.